The van der Waals surface area contributed by atoms with E-state index in [2.05, 4.69) is 29.7 Å². The summed E-state index contributed by atoms with van der Waals surface area (Å²) in [4.78, 5) is 12.0. The van der Waals surface area contributed by atoms with Gasteiger partial charge in [0.05, 0.1) is 6.04 Å². The van der Waals surface area contributed by atoms with Crippen molar-refractivity contribution < 1.29 is 4.79 Å². The van der Waals surface area contributed by atoms with E-state index < -0.39 is 0 Å². The second kappa shape index (κ2) is 6.81. The predicted octanol–water partition coefficient (Wildman–Crippen LogP) is 2.63. The molecule has 0 saturated carbocycles. The highest BCUT2D eigenvalue weighted by Gasteiger charge is 2.21. The van der Waals surface area contributed by atoms with E-state index >= 15 is 0 Å². The van der Waals surface area contributed by atoms with E-state index in [4.69, 9.17) is 0 Å². The minimum absolute atomic E-state index is 0.0151. The summed E-state index contributed by atoms with van der Waals surface area (Å²) in [5.74, 6) is 2.21. The van der Waals surface area contributed by atoms with Gasteiger partial charge >= 0.3 is 0 Å². The van der Waals surface area contributed by atoms with Gasteiger partial charge in [0.15, 0.2) is 0 Å². The number of hydrogen-bond acceptors (Lipinski definition) is 3. The van der Waals surface area contributed by atoms with Gasteiger partial charge in [-0.3, -0.25) is 4.79 Å². The molecule has 0 radical (unpaired) electrons. The maximum absolute atomic E-state index is 12.0. The zero-order chi connectivity index (χ0) is 12.8. The van der Waals surface area contributed by atoms with E-state index in [1.807, 2.05) is 23.9 Å². The summed E-state index contributed by atoms with van der Waals surface area (Å²) in [6, 6.07) is 8.11. The molecule has 0 bridgehead atoms. The van der Waals surface area contributed by atoms with Gasteiger partial charge in [0, 0.05) is 11.4 Å². The zero-order valence-electron chi connectivity index (χ0n) is 10.7. The van der Waals surface area contributed by atoms with Gasteiger partial charge in [0.25, 0.3) is 0 Å². The molecule has 2 N–H and O–H groups in total. The van der Waals surface area contributed by atoms with Crippen molar-refractivity contribution >= 4 is 23.4 Å². The first-order chi connectivity index (χ1) is 8.79. The maximum Gasteiger partial charge on any atom is 0.241 e. The van der Waals surface area contributed by atoms with Crippen LogP contribution in [0.2, 0.25) is 0 Å². The third-order valence-corrected chi connectivity index (χ3v) is 3.99. The van der Waals surface area contributed by atoms with Crippen molar-refractivity contribution in [3.05, 3.63) is 29.8 Å². The average Bonchev–Trinajstić information content (AvgIpc) is 2.91. The molecule has 1 amide bonds. The summed E-state index contributed by atoms with van der Waals surface area (Å²) in [5, 5.41) is 6.20. The monoisotopic (exact) mass is 264 g/mol. The second-order valence-corrected chi connectivity index (χ2v) is 5.75. The minimum Gasteiger partial charge on any atom is -0.325 e. The van der Waals surface area contributed by atoms with Crippen LogP contribution in [-0.4, -0.2) is 24.2 Å². The van der Waals surface area contributed by atoms with Crippen molar-refractivity contribution in [3.63, 3.8) is 0 Å². The van der Waals surface area contributed by atoms with Gasteiger partial charge in [0.2, 0.25) is 5.91 Å². The summed E-state index contributed by atoms with van der Waals surface area (Å²) in [6.45, 7) is 3.10. The van der Waals surface area contributed by atoms with Crippen LogP contribution in [0.5, 0.6) is 0 Å². The topological polar surface area (TPSA) is 41.1 Å². The fourth-order valence-corrected chi connectivity index (χ4v) is 2.72. The molecule has 1 aliphatic heterocycles. The molecular weight excluding hydrogens is 244 g/mol. The van der Waals surface area contributed by atoms with Gasteiger partial charge in [-0.2, -0.15) is 11.8 Å². The van der Waals surface area contributed by atoms with Gasteiger partial charge in [-0.15, -0.1) is 0 Å². The van der Waals surface area contributed by atoms with Crippen molar-refractivity contribution in [1.29, 1.82) is 0 Å². The fourth-order valence-electron chi connectivity index (χ4n) is 2.10. The van der Waals surface area contributed by atoms with Crippen LogP contribution in [0.25, 0.3) is 0 Å². The van der Waals surface area contributed by atoms with Gasteiger partial charge in [-0.05, 0) is 42.8 Å². The number of nitrogens with one attached hydrogen (secondary N) is 2. The Labute approximate surface area is 113 Å². The Morgan fingerprint density at radius 1 is 1.56 bits per heavy atom. The summed E-state index contributed by atoms with van der Waals surface area (Å²) in [6.07, 6.45) is 2.03. The first-order valence-electron chi connectivity index (χ1n) is 6.50. The number of hydrogen-bond donors (Lipinski definition) is 2. The number of rotatable bonds is 5. The van der Waals surface area contributed by atoms with Gasteiger partial charge in [-0.25, -0.2) is 0 Å². The third kappa shape index (κ3) is 3.75. The van der Waals surface area contributed by atoms with Crippen LogP contribution in [0.15, 0.2) is 24.3 Å². The highest BCUT2D eigenvalue weighted by molar-refractivity contribution is 7.98. The van der Waals surface area contributed by atoms with Crippen LogP contribution in [0, 0.1) is 0 Å². The highest BCUT2D eigenvalue weighted by Crippen LogP contribution is 2.17. The van der Waals surface area contributed by atoms with E-state index in [0.29, 0.717) is 0 Å². The number of benzene rings is 1. The molecule has 1 atom stereocenters. The molecule has 98 valence electrons. The Morgan fingerprint density at radius 2 is 2.44 bits per heavy atom. The Bertz CT molecular complexity index is 403. The highest BCUT2D eigenvalue weighted by atomic mass is 32.2. The fraction of sp³-hybridized carbons (Fsp3) is 0.500. The SMILES string of the molecule is CCSCc1cccc(NC(=O)C2CCCN2)c1. The van der Waals surface area contributed by atoms with Crippen molar-refractivity contribution in [1.82, 2.24) is 5.32 Å². The zero-order valence-corrected chi connectivity index (χ0v) is 11.6. The predicted molar refractivity (Wildman–Crippen MR) is 77.9 cm³/mol. The molecule has 1 aliphatic rings. The standard InChI is InChI=1S/C14H20N2OS/c1-2-18-10-11-5-3-6-12(9-11)16-14(17)13-7-4-8-15-13/h3,5-6,9,13,15H,2,4,7-8,10H2,1H3,(H,16,17). The van der Waals surface area contributed by atoms with E-state index in [9.17, 15) is 4.79 Å². The van der Waals surface area contributed by atoms with Gasteiger partial charge in [-0.1, -0.05) is 19.1 Å². The average molecular weight is 264 g/mol. The van der Waals surface area contributed by atoms with Crippen LogP contribution in [-0.2, 0) is 10.5 Å². The number of thioether (sulfide) groups is 1. The van der Waals surface area contributed by atoms with E-state index in [1.54, 1.807) is 0 Å². The summed E-state index contributed by atoms with van der Waals surface area (Å²) in [7, 11) is 0. The summed E-state index contributed by atoms with van der Waals surface area (Å²) >= 11 is 1.89. The Hall–Kier alpha value is -1.00. The summed E-state index contributed by atoms with van der Waals surface area (Å²) < 4.78 is 0. The molecule has 1 saturated heterocycles. The number of carbonyl (C=O) groups excluding carboxylic acids is 1. The first-order valence-corrected chi connectivity index (χ1v) is 7.66. The van der Waals surface area contributed by atoms with Crippen LogP contribution >= 0.6 is 11.8 Å². The molecule has 0 aromatic heterocycles. The molecule has 1 aromatic rings. The molecule has 4 heteroatoms. The molecule has 2 rings (SSSR count). The van der Waals surface area contributed by atoms with Crippen molar-refractivity contribution in [2.75, 3.05) is 17.6 Å². The molecular formula is C14H20N2OS. The second-order valence-electron chi connectivity index (χ2n) is 4.48. The Kier molecular flexibility index (Phi) is 5.08. The molecule has 1 unspecified atom stereocenters. The van der Waals surface area contributed by atoms with Crippen LogP contribution in [0.3, 0.4) is 0 Å². The third-order valence-electron chi connectivity index (χ3n) is 3.04. The molecule has 1 heterocycles. The number of anilines is 1. The first kappa shape index (κ1) is 13.4. The lowest BCUT2D eigenvalue weighted by molar-refractivity contribution is -0.117. The van der Waals surface area contributed by atoms with E-state index in [1.165, 1.54) is 5.56 Å². The summed E-state index contributed by atoms with van der Waals surface area (Å²) in [5.41, 5.74) is 2.17. The molecule has 0 aliphatic carbocycles. The quantitative estimate of drug-likeness (QED) is 0.859. The van der Waals surface area contributed by atoms with Gasteiger partial charge < -0.3 is 10.6 Å². The van der Waals surface area contributed by atoms with E-state index in [-0.39, 0.29) is 11.9 Å². The molecule has 18 heavy (non-hydrogen) atoms. The Balaban J connectivity index is 1.93. The largest absolute Gasteiger partial charge is 0.325 e. The van der Waals surface area contributed by atoms with Crippen LogP contribution in [0.4, 0.5) is 5.69 Å². The van der Waals surface area contributed by atoms with E-state index in [0.717, 1.165) is 36.6 Å². The van der Waals surface area contributed by atoms with Crippen LogP contribution < -0.4 is 10.6 Å². The lowest BCUT2D eigenvalue weighted by Crippen LogP contribution is -2.35. The lowest BCUT2D eigenvalue weighted by atomic mass is 10.2. The minimum atomic E-state index is -0.0151. The Morgan fingerprint density at radius 3 is 3.17 bits per heavy atom. The maximum atomic E-state index is 12.0. The number of carbonyl (C=O) groups is 1. The van der Waals surface area contributed by atoms with Crippen molar-refractivity contribution in [2.24, 2.45) is 0 Å². The van der Waals surface area contributed by atoms with Crippen LogP contribution in [0.1, 0.15) is 25.3 Å². The molecule has 1 aromatic carbocycles. The van der Waals surface area contributed by atoms with Gasteiger partial charge in [0.1, 0.15) is 0 Å². The van der Waals surface area contributed by atoms with Crippen molar-refractivity contribution in [3.8, 4) is 0 Å². The molecule has 3 nitrogen and oxygen atoms in total. The smallest absolute Gasteiger partial charge is 0.241 e. The molecule has 0 spiro atoms. The normalized spacial score (nSPS) is 18.8. The lowest BCUT2D eigenvalue weighted by Gasteiger charge is -2.11. The molecule has 1 fully saturated rings. The number of amides is 1. The van der Waals surface area contributed by atoms with Crippen molar-refractivity contribution in [2.45, 2.75) is 31.6 Å².